The maximum Gasteiger partial charge on any atom is 0.244 e. The van der Waals surface area contributed by atoms with Gasteiger partial charge in [0.2, 0.25) is 10.0 Å². The van der Waals surface area contributed by atoms with Crippen LogP contribution in [0.2, 0.25) is 10.0 Å². The molecule has 29 heavy (non-hydrogen) atoms. The van der Waals surface area contributed by atoms with Crippen LogP contribution in [0.3, 0.4) is 0 Å². The number of hydrogen-bond acceptors (Lipinski definition) is 2. The summed E-state index contributed by atoms with van der Waals surface area (Å²) in [4.78, 5) is 0.373. The summed E-state index contributed by atoms with van der Waals surface area (Å²) in [5.74, 6) is 0. The Balaban J connectivity index is 1.92. The highest BCUT2D eigenvalue weighted by molar-refractivity contribution is 7.89. The first-order valence-electron chi connectivity index (χ1n) is 9.40. The van der Waals surface area contributed by atoms with Crippen LogP contribution < -0.4 is 0 Å². The average molecular weight is 449 g/mol. The minimum Gasteiger partial charge on any atom is -0.348 e. The Morgan fingerprint density at radius 1 is 0.966 bits per heavy atom. The van der Waals surface area contributed by atoms with Gasteiger partial charge in [-0.2, -0.15) is 4.31 Å². The predicted octanol–water partition coefficient (Wildman–Crippen LogP) is 5.51. The number of aryl methyl sites for hydroxylation is 3. The van der Waals surface area contributed by atoms with Gasteiger partial charge >= 0.3 is 0 Å². The van der Waals surface area contributed by atoms with Crippen LogP contribution >= 0.6 is 23.2 Å². The van der Waals surface area contributed by atoms with E-state index in [0.717, 1.165) is 27.9 Å². The van der Waals surface area contributed by atoms with Crippen LogP contribution in [0.1, 0.15) is 34.0 Å². The molecular formula is C22H22Cl2N2O2S. The lowest BCUT2D eigenvalue weighted by atomic mass is 10.0. The summed E-state index contributed by atoms with van der Waals surface area (Å²) >= 11 is 12.6. The maximum atomic E-state index is 13.9. The van der Waals surface area contributed by atoms with Crippen LogP contribution in [0, 0.1) is 20.8 Å². The lowest BCUT2D eigenvalue weighted by molar-refractivity contribution is 0.298. The van der Waals surface area contributed by atoms with Gasteiger partial charge in [-0.05, 0) is 61.7 Å². The van der Waals surface area contributed by atoms with E-state index < -0.39 is 16.1 Å². The highest BCUT2D eigenvalue weighted by atomic mass is 35.5. The molecule has 152 valence electrons. The Morgan fingerprint density at radius 2 is 1.66 bits per heavy atom. The molecule has 7 heteroatoms. The van der Waals surface area contributed by atoms with Gasteiger partial charge in [-0.1, -0.05) is 47.0 Å². The Kier molecular flexibility index (Phi) is 5.28. The molecular weight excluding hydrogens is 427 g/mol. The lowest BCUT2D eigenvalue weighted by Crippen LogP contribution is -2.42. The number of nitrogens with zero attached hydrogens (tertiary/aromatic N) is 2. The highest BCUT2D eigenvalue weighted by Crippen LogP contribution is 2.41. The monoisotopic (exact) mass is 448 g/mol. The standard InChI is InChI=1S/C22H22Cl2N2O2S/c1-14-11-15(2)22(16(3)12-14)29(27,28)26-10-9-25-8-4-5-20(25)21(26)18-7-6-17(23)13-19(18)24/h4-8,11-13,21H,9-10H2,1-3H3. The van der Waals surface area contributed by atoms with E-state index in [1.54, 1.807) is 16.4 Å². The van der Waals surface area contributed by atoms with Gasteiger partial charge in [-0.25, -0.2) is 8.42 Å². The van der Waals surface area contributed by atoms with Crippen molar-refractivity contribution in [2.45, 2.75) is 38.3 Å². The van der Waals surface area contributed by atoms with Crippen molar-refractivity contribution < 1.29 is 8.42 Å². The van der Waals surface area contributed by atoms with E-state index in [-0.39, 0.29) is 0 Å². The Bertz CT molecular complexity index is 1180. The zero-order valence-electron chi connectivity index (χ0n) is 16.5. The molecule has 0 fully saturated rings. The SMILES string of the molecule is Cc1cc(C)c(S(=O)(=O)N2CCn3cccc3C2c2ccc(Cl)cc2Cl)c(C)c1. The Labute approximate surface area is 181 Å². The van der Waals surface area contributed by atoms with Gasteiger partial charge < -0.3 is 4.57 Å². The highest BCUT2D eigenvalue weighted by Gasteiger charge is 2.39. The zero-order valence-corrected chi connectivity index (χ0v) is 18.8. The van der Waals surface area contributed by atoms with Crippen molar-refractivity contribution >= 4 is 33.2 Å². The molecule has 4 nitrogen and oxygen atoms in total. The van der Waals surface area contributed by atoms with Gasteiger partial charge in [0, 0.05) is 35.0 Å². The number of benzene rings is 2. The molecule has 0 bridgehead atoms. The third-order valence-electron chi connectivity index (χ3n) is 5.42. The summed E-state index contributed by atoms with van der Waals surface area (Å²) < 4.78 is 31.4. The average Bonchev–Trinajstić information content (AvgIpc) is 3.08. The first-order chi connectivity index (χ1) is 13.7. The van der Waals surface area contributed by atoms with Gasteiger partial charge in [0.25, 0.3) is 0 Å². The van der Waals surface area contributed by atoms with Crippen LogP contribution in [0.25, 0.3) is 0 Å². The second-order valence-electron chi connectivity index (χ2n) is 7.54. The van der Waals surface area contributed by atoms with Gasteiger partial charge in [0.05, 0.1) is 10.9 Å². The molecule has 0 N–H and O–H groups in total. The fraction of sp³-hybridized carbons (Fsp3) is 0.273. The molecule has 0 saturated carbocycles. The molecule has 1 unspecified atom stereocenters. The Morgan fingerprint density at radius 3 is 2.31 bits per heavy atom. The Hall–Kier alpha value is -1.79. The normalized spacial score (nSPS) is 17.3. The minimum atomic E-state index is -3.76. The molecule has 0 amide bonds. The molecule has 1 aliphatic rings. The molecule has 1 atom stereocenters. The molecule has 4 rings (SSSR count). The zero-order chi connectivity index (χ0) is 20.9. The van der Waals surface area contributed by atoms with Crippen LogP contribution in [0.4, 0.5) is 0 Å². The second kappa shape index (κ2) is 7.47. The number of halogens is 2. The van der Waals surface area contributed by atoms with E-state index in [1.807, 2.05) is 57.3 Å². The van der Waals surface area contributed by atoms with Crippen LogP contribution in [-0.4, -0.2) is 23.8 Å². The number of fused-ring (bicyclic) bond motifs is 1. The summed E-state index contributed by atoms with van der Waals surface area (Å²) in [6, 6.07) is 12.4. The quantitative estimate of drug-likeness (QED) is 0.529. The second-order valence-corrected chi connectivity index (χ2v) is 10.2. The summed E-state index contributed by atoms with van der Waals surface area (Å²) in [7, 11) is -3.76. The van der Waals surface area contributed by atoms with Crippen molar-refractivity contribution in [1.29, 1.82) is 0 Å². The summed E-state index contributed by atoms with van der Waals surface area (Å²) in [6.07, 6.45) is 1.97. The van der Waals surface area contributed by atoms with E-state index >= 15 is 0 Å². The predicted molar refractivity (Wildman–Crippen MR) is 117 cm³/mol. The van der Waals surface area contributed by atoms with Crippen LogP contribution in [0.5, 0.6) is 0 Å². The minimum absolute atomic E-state index is 0.361. The molecule has 1 aliphatic heterocycles. The van der Waals surface area contributed by atoms with E-state index in [0.29, 0.717) is 28.0 Å². The van der Waals surface area contributed by atoms with Crippen molar-refractivity contribution in [3.63, 3.8) is 0 Å². The molecule has 0 radical (unpaired) electrons. The molecule has 1 aromatic heterocycles. The smallest absolute Gasteiger partial charge is 0.244 e. The summed E-state index contributed by atoms with van der Waals surface area (Å²) in [5.41, 5.74) is 4.17. The summed E-state index contributed by atoms with van der Waals surface area (Å²) in [5, 5.41) is 0.972. The van der Waals surface area contributed by atoms with E-state index in [2.05, 4.69) is 4.57 Å². The van der Waals surface area contributed by atoms with Crippen LogP contribution in [0.15, 0.2) is 53.6 Å². The van der Waals surface area contributed by atoms with Crippen molar-refractivity contribution in [3.8, 4) is 0 Å². The van der Waals surface area contributed by atoms with E-state index in [9.17, 15) is 8.42 Å². The maximum absolute atomic E-state index is 13.9. The first kappa shape index (κ1) is 20.5. The molecule has 0 saturated heterocycles. The third kappa shape index (κ3) is 3.50. The number of sulfonamides is 1. The third-order valence-corrected chi connectivity index (χ3v) is 8.16. The van der Waals surface area contributed by atoms with Crippen molar-refractivity contribution in [3.05, 3.63) is 86.7 Å². The molecule has 2 aromatic carbocycles. The molecule has 2 heterocycles. The van der Waals surface area contributed by atoms with Crippen molar-refractivity contribution in [2.24, 2.45) is 0 Å². The van der Waals surface area contributed by atoms with Crippen molar-refractivity contribution in [1.82, 2.24) is 8.87 Å². The fourth-order valence-electron chi connectivity index (χ4n) is 4.35. The molecule has 3 aromatic rings. The van der Waals surface area contributed by atoms with E-state index in [4.69, 9.17) is 23.2 Å². The van der Waals surface area contributed by atoms with Crippen LogP contribution in [-0.2, 0) is 16.6 Å². The van der Waals surface area contributed by atoms with Crippen molar-refractivity contribution in [2.75, 3.05) is 6.54 Å². The summed E-state index contributed by atoms with van der Waals surface area (Å²) in [6.45, 7) is 6.63. The number of aromatic nitrogens is 1. The largest absolute Gasteiger partial charge is 0.348 e. The van der Waals surface area contributed by atoms with Gasteiger partial charge in [0.1, 0.15) is 0 Å². The van der Waals surface area contributed by atoms with Gasteiger partial charge in [0.15, 0.2) is 0 Å². The molecule has 0 aliphatic carbocycles. The van der Waals surface area contributed by atoms with Gasteiger partial charge in [-0.3, -0.25) is 0 Å². The lowest BCUT2D eigenvalue weighted by Gasteiger charge is -2.37. The number of rotatable bonds is 3. The molecule has 0 spiro atoms. The van der Waals surface area contributed by atoms with E-state index in [1.165, 1.54) is 0 Å². The first-order valence-corrected chi connectivity index (χ1v) is 11.6. The fourth-order valence-corrected chi connectivity index (χ4v) is 6.85. The topological polar surface area (TPSA) is 42.3 Å². The number of hydrogen-bond donors (Lipinski definition) is 0. The van der Waals surface area contributed by atoms with Gasteiger partial charge in [-0.15, -0.1) is 0 Å².